The van der Waals surface area contributed by atoms with Crippen LogP contribution in [0, 0.1) is 17.2 Å². The molecule has 0 aliphatic heterocycles. The van der Waals surface area contributed by atoms with Crippen LogP contribution in [-0.2, 0) is 5.75 Å². The SMILES string of the molecule is N#Cc1ccccc1CSc1nnc2c3c(Br)cccc3n(C(=O)C3CC3)c2n1. The normalized spacial score (nSPS) is 13.7. The van der Waals surface area contributed by atoms with Gasteiger partial charge in [0, 0.05) is 21.5 Å². The number of hydrogen-bond acceptors (Lipinski definition) is 6. The third-order valence-electron chi connectivity index (χ3n) is 4.97. The Balaban J connectivity index is 1.60. The molecule has 1 aliphatic rings. The first-order valence-electron chi connectivity index (χ1n) is 9.15. The lowest BCUT2D eigenvalue weighted by Gasteiger charge is -2.05. The van der Waals surface area contributed by atoms with Gasteiger partial charge in [0.2, 0.25) is 11.1 Å². The number of nitrogens with zero attached hydrogens (tertiary/aromatic N) is 5. The molecular formula is C21H14BrN5OS. The number of halogens is 1. The van der Waals surface area contributed by atoms with E-state index < -0.39 is 0 Å². The number of nitriles is 1. The van der Waals surface area contributed by atoms with E-state index in [0.29, 0.717) is 27.6 Å². The van der Waals surface area contributed by atoms with Crippen LogP contribution in [-0.4, -0.2) is 25.7 Å². The molecule has 0 radical (unpaired) electrons. The van der Waals surface area contributed by atoms with Gasteiger partial charge in [-0.15, -0.1) is 10.2 Å². The first-order chi connectivity index (χ1) is 14.2. The van der Waals surface area contributed by atoms with Crippen LogP contribution in [0.2, 0.25) is 0 Å². The maximum atomic E-state index is 13.0. The number of rotatable bonds is 4. The first-order valence-corrected chi connectivity index (χ1v) is 10.9. The fraction of sp³-hybridized carbons (Fsp3) is 0.190. The van der Waals surface area contributed by atoms with E-state index in [1.165, 1.54) is 11.8 Å². The summed E-state index contributed by atoms with van der Waals surface area (Å²) < 4.78 is 2.55. The van der Waals surface area contributed by atoms with Crippen molar-refractivity contribution in [3.8, 4) is 6.07 Å². The van der Waals surface area contributed by atoms with Gasteiger partial charge in [-0.05, 0) is 36.6 Å². The molecule has 29 heavy (non-hydrogen) atoms. The maximum absolute atomic E-state index is 13.0. The molecular weight excluding hydrogens is 450 g/mol. The Hall–Kier alpha value is -2.76. The highest BCUT2D eigenvalue weighted by Crippen LogP contribution is 2.37. The number of benzene rings is 2. The smallest absolute Gasteiger partial charge is 0.235 e. The van der Waals surface area contributed by atoms with E-state index in [4.69, 9.17) is 0 Å². The minimum absolute atomic E-state index is 0.0568. The van der Waals surface area contributed by atoms with E-state index in [-0.39, 0.29) is 11.8 Å². The Bertz CT molecular complexity index is 1320. The molecule has 142 valence electrons. The van der Waals surface area contributed by atoms with E-state index in [1.54, 1.807) is 10.6 Å². The summed E-state index contributed by atoms with van der Waals surface area (Å²) in [4.78, 5) is 17.7. The first kappa shape index (κ1) is 18.3. The van der Waals surface area contributed by atoms with Gasteiger partial charge in [0.15, 0.2) is 5.65 Å². The summed E-state index contributed by atoms with van der Waals surface area (Å²) in [7, 11) is 0. The molecule has 0 atom stereocenters. The van der Waals surface area contributed by atoms with Crippen LogP contribution in [0.15, 0.2) is 52.1 Å². The summed E-state index contributed by atoms with van der Waals surface area (Å²) in [5.74, 6) is 0.674. The third kappa shape index (κ3) is 3.20. The van der Waals surface area contributed by atoms with Gasteiger partial charge in [-0.1, -0.05) is 52.0 Å². The van der Waals surface area contributed by atoms with Crippen LogP contribution in [0.25, 0.3) is 22.1 Å². The monoisotopic (exact) mass is 463 g/mol. The molecule has 2 aromatic heterocycles. The maximum Gasteiger partial charge on any atom is 0.235 e. The predicted molar refractivity (Wildman–Crippen MR) is 115 cm³/mol. The van der Waals surface area contributed by atoms with Crippen LogP contribution in [0.1, 0.15) is 28.8 Å². The second kappa shape index (κ2) is 7.25. The van der Waals surface area contributed by atoms with Crippen molar-refractivity contribution in [1.82, 2.24) is 19.7 Å². The van der Waals surface area contributed by atoms with Crippen LogP contribution in [0.3, 0.4) is 0 Å². The zero-order valence-corrected chi connectivity index (χ0v) is 17.6. The molecule has 0 N–H and O–H groups in total. The molecule has 4 aromatic rings. The average molecular weight is 464 g/mol. The van der Waals surface area contributed by atoms with Crippen molar-refractivity contribution in [1.29, 1.82) is 5.26 Å². The third-order valence-corrected chi connectivity index (χ3v) is 6.52. The van der Waals surface area contributed by atoms with Crippen LogP contribution in [0.5, 0.6) is 0 Å². The van der Waals surface area contributed by atoms with E-state index in [0.717, 1.165) is 33.8 Å². The van der Waals surface area contributed by atoms with E-state index >= 15 is 0 Å². The summed E-state index contributed by atoms with van der Waals surface area (Å²) >= 11 is 4.98. The fourth-order valence-electron chi connectivity index (χ4n) is 3.36. The lowest BCUT2D eigenvalue weighted by molar-refractivity contribution is 0.0896. The van der Waals surface area contributed by atoms with Gasteiger partial charge >= 0.3 is 0 Å². The molecule has 2 heterocycles. The quantitative estimate of drug-likeness (QED) is 0.397. The summed E-state index contributed by atoms with van der Waals surface area (Å²) in [6, 6.07) is 15.4. The van der Waals surface area contributed by atoms with Gasteiger partial charge in [-0.2, -0.15) is 5.26 Å². The van der Waals surface area contributed by atoms with Crippen LogP contribution in [0.4, 0.5) is 0 Å². The fourth-order valence-corrected chi connectivity index (χ4v) is 4.69. The molecule has 1 saturated carbocycles. The Morgan fingerprint density at radius 1 is 1.21 bits per heavy atom. The number of carbonyl (C=O) groups excluding carboxylic acids is 1. The highest BCUT2D eigenvalue weighted by atomic mass is 79.9. The van der Waals surface area contributed by atoms with Crippen molar-refractivity contribution < 1.29 is 4.79 Å². The van der Waals surface area contributed by atoms with E-state index in [2.05, 4.69) is 37.2 Å². The standard InChI is InChI=1S/C21H14BrN5OS/c22-15-6-3-7-16-17(15)18-19(27(16)20(28)12-8-9-12)24-21(26-25-18)29-11-14-5-2-1-4-13(14)10-23/h1-7,12H,8-9,11H2. The van der Waals surface area contributed by atoms with Crippen molar-refractivity contribution in [3.63, 3.8) is 0 Å². The summed E-state index contributed by atoms with van der Waals surface area (Å²) in [6.07, 6.45) is 1.83. The topological polar surface area (TPSA) is 84.5 Å². The number of hydrogen-bond donors (Lipinski definition) is 0. The Morgan fingerprint density at radius 2 is 2.03 bits per heavy atom. The van der Waals surface area contributed by atoms with Gasteiger partial charge in [-0.3, -0.25) is 9.36 Å². The van der Waals surface area contributed by atoms with Gasteiger partial charge in [0.1, 0.15) is 5.52 Å². The van der Waals surface area contributed by atoms with Crippen LogP contribution >= 0.6 is 27.7 Å². The molecule has 0 bridgehead atoms. The van der Waals surface area contributed by atoms with Gasteiger partial charge in [0.05, 0.1) is 17.1 Å². The summed E-state index contributed by atoms with van der Waals surface area (Å²) in [5.41, 5.74) is 3.50. The van der Waals surface area contributed by atoms with Gasteiger partial charge in [-0.25, -0.2) is 4.98 Å². The number of fused-ring (bicyclic) bond motifs is 3. The van der Waals surface area contributed by atoms with E-state index in [9.17, 15) is 10.1 Å². The largest absolute Gasteiger partial charge is 0.274 e. The molecule has 8 heteroatoms. The molecule has 1 fully saturated rings. The average Bonchev–Trinajstić information content (AvgIpc) is 3.54. The number of thioether (sulfide) groups is 1. The molecule has 0 unspecified atom stereocenters. The lowest BCUT2D eigenvalue weighted by atomic mass is 10.1. The van der Waals surface area contributed by atoms with Crippen molar-refractivity contribution in [3.05, 3.63) is 58.1 Å². The minimum Gasteiger partial charge on any atom is -0.274 e. The number of carbonyl (C=O) groups is 1. The molecule has 0 amide bonds. The molecule has 6 nitrogen and oxygen atoms in total. The number of aromatic nitrogens is 4. The summed E-state index contributed by atoms with van der Waals surface area (Å²) in [6.45, 7) is 0. The highest BCUT2D eigenvalue weighted by molar-refractivity contribution is 9.10. The van der Waals surface area contributed by atoms with Crippen LogP contribution < -0.4 is 0 Å². The van der Waals surface area contributed by atoms with Crippen molar-refractivity contribution >= 4 is 55.7 Å². The van der Waals surface area contributed by atoms with Gasteiger partial charge < -0.3 is 0 Å². The van der Waals surface area contributed by atoms with Gasteiger partial charge in [0.25, 0.3) is 0 Å². The molecule has 0 spiro atoms. The van der Waals surface area contributed by atoms with E-state index in [1.807, 2.05) is 36.4 Å². The molecule has 0 saturated heterocycles. The second-order valence-corrected chi connectivity index (χ2v) is 8.70. The molecule has 5 rings (SSSR count). The Morgan fingerprint density at radius 3 is 2.83 bits per heavy atom. The minimum atomic E-state index is 0.0568. The zero-order chi connectivity index (χ0) is 20.0. The Labute approximate surface area is 179 Å². The zero-order valence-electron chi connectivity index (χ0n) is 15.2. The Kier molecular flexibility index (Phi) is 4.57. The predicted octanol–water partition coefficient (Wildman–Crippen LogP) is 4.96. The molecule has 2 aromatic carbocycles. The van der Waals surface area contributed by atoms with Crippen molar-refractivity contribution in [2.75, 3.05) is 0 Å². The van der Waals surface area contributed by atoms with Crippen molar-refractivity contribution in [2.45, 2.75) is 23.8 Å². The molecule has 1 aliphatic carbocycles. The second-order valence-electron chi connectivity index (χ2n) is 6.91. The highest BCUT2D eigenvalue weighted by Gasteiger charge is 2.33. The lowest BCUT2D eigenvalue weighted by Crippen LogP contribution is -2.13. The summed E-state index contributed by atoms with van der Waals surface area (Å²) in [5, 5.41) is 19.3. The van der Waals surface area contributed by atoms with Crippen molar-refractivity contribution in [2.24, 2.45) is 5.92 Å².